The number of alkyl halides is 1. The van der Waals surface area contributed by atoms with Crippen molar-refractivity contribution < 1.29 is 23.0 Å². The Labute approximate surface area is 291 Å². The average molecular weight is 688 g/mol. The summed E-state index contributed by atoms with van der Waals surface area (Å²) in [6, 6.07) is 2.30. The highest BCUT2D eigenvalue weighted by Crippen LogP contribution is 2.42. The molecule has 0 amide bonds. The van der Waals surface area contributed by atoms with Gasteiger partial charge in [-0.2, -0.15) is 15.1 Å². The molecule has 6 aliphatic heterocycles. The second-order valence-electron chi connectivity index (χ2n) is 15.3. The van der Waals surface area contributed by atoms with Gasteiger partial charge >= 0.3 is 6.01 Å². The monoisotopic (exact) mass is 687 g/mol. The maximum absolute atomic E-state index is 17.4. The summed E-state index contributed by atoms with van der Waals surface area (Å²) in [5.41, 5.74) is 3.90. The largest absolute Gasteiger partial charge is 0.461 e. The summed E-state index contributed by atoms with van der Waals surface area (Å²) < 4.78 is 52.8. The fourth-order valence-electron chi connectivity index (χ4n) is 9.40. The highest BCUT2D eigenvalue weighted by Gasteiger charge is 2.49. The van der Waals surface area contributed by atoms with E-state index in [0.29, 0.717) is 49.9 Å². The summed E-state index contributed by atoms with van der Waals surface area (Å²) >= 11 is 0. The Kier molecular flexibility index (Phi) is 8.59. The number of aryl methyl sites for hydroxylation is 1. The maximum atomic E-state index is 17.4. The number of aromatic nitrogens is 5. The number of nitrogens with zero attached hydrogens (tertiary/aromatic N) is 7. The SMILES string of the molecule is Cc1cc2c(cnn2C2CCCCO2)c2c1CCCCOC[C@@H]1CCCN(C1)c1nc(OC[C@@]34CCCN3C[C@H](F)C4)nc3c(F)c-2ncc13. The molecule has 6 bridgehead atoms. The first-order valence-electron chi connectivity index (χ1n) is 18.8. The summed E-state index contributed by atoms with van der Waals surface area (Å²) in [6.07, 6.45) is 12.6. The second-order valence-corrected chi connectivity index (χ2v) is 15.3. The lowest BCUT2D eigenvalue weighted by molar-refractivity contribution is -0.0366. The Bertz CT molecular complexity index is 1900. The molecule has 50 heavy (non-hydrogen) atoms. The van der Waals surface area contributed by atoms with E-state index in [9.17, 15) is 4.39 Å². The smallest absolute Gasteiger partial charge is 0.319 e. The van der Waals surface area contributed by atoms with Crippen LogP contribution in [-0.2, 0) is 15.9 Å². The molecule has 4 saturated heterocycles. The molecule has 0 N–H and O–H groups in total. The molecule has 0 saturated carbocycles. The molecule has 10 nitrogen and oxygen atoms in total. The van der Waals surface area contributed by atoms with Crippen molar-refractivity contribution in [1.82, 2.24) is 29.6 Å². The van der Waals surface area contributed by atoms with Crippen LogP contribution in [0.1, 0.15) is 81.6 Å². The van der Waals surface area contributed by atoms with Gasteiger partial charge < -0.3 is 19.1 Å². The van der Waals surface area contributed by atoms with E-state index in [-0.39, 0.29) is 35.6 Å². The van der Waals surface area contributed by atoms with E-state index >= 15 is 4.39 Å². The number of hydrogen-bond donors (Lipinski definition) is 0. The van der Waals surface area contributed by atoms with E-state index in [0.717, 1.165) is 111 Å². The number of rotatable bonds is 4. The van der Waals surface area contributed by atoms with Crippen LogP contribution in [0.5, 0.6) is 6.01 Å². The Balaban J connectivity index is 1.20. The number of hydrogen-bond acceptors (Lipinski definition) is 9. The van der Waals surface area contributed by atoms with Crippen LogP contribution < -0.4 is 9.64 Å². The zero-order chi connectivity index (χ0) is 33.8. The molecule has 4 aromatic rings. The van der Waals surface area contributed by atoms with Crippen LogP contribution in [-0.4, -0.2) is 93.9 Å². The Morgan fingerprint density at radius 1 is 1.00 bits per heavy atom. The van der Waals surface area contributed by atoms with E-state index in [1.165, 1.54) is 0 Å². The maximum Gasteiger partial charge on any atom is 0.319 e. The van der Waals surface area contributed by atoms with Gasteiger partial charge in [-0.3, -0.25) is 9.88 Å². The van der Waals surface area contributed by atoms with Crippen molar-refractivity contribution in [2.45, 2.75) is 95.5 Å². The molecule has 4 atom stereocenters. The number of benzene rings is 1. The molecule has 1 aromatic carbocycles. The predicted octanol–water partition coefficient (Wildman–Crippen LogP) is 6.71. The lowest BCUT2D eigenvalue weighted by atomic mass is 9.91. The van der Waals surface area contributed by atoms with Crippen molar-refractivity contribution in [3.05, 3.63) is 35.4 Å². The molecule has 4 fully saturated rings. The van der Waals surface area contributed by atoms with Gasteiger partial charge in [0, 0.05) is 56.4 Å². The minimum absolute atomic E-state index is 0.128. The van der Waals surface area contributed by atoms with E-state index in [1.54, 1.807) is 6.20 Å². The molecule has 266 valence electrons. The Morgan fingerprint density at radius 2 is 1.92 bits per heavy atom. The van der Waals surface area contributed by atoms with Gasteiger partial charge in [0.15, 0.2) is 12.0 Å². The van der Waals surface area contributed by atoms with Gasteiger partial charge in [0.25, 0.3) is 0 Å². The minimum atomic E-state index is -0.869. The molecular weight excluding hydrogens is 640 g/mol. The number of ether oxygens (including phenoxy) is 3. The first-order chi connectivity index (χ1) is 24.5. The zero-order valence-electron chi connectivity index (χ0n) is 29.0. The second kappa shape index (κ2) is 13.2. The number of fused-ring (bicyclic) bond motifs is 8. The molecule has 6 aliphatic rings. The van der Waals surface area contributed by atoms with E-state index in [2.05, 4.69) is 22.8 Å². The van der Waals surface area contributed by atoms with Gasteiger partial charge in [-0.15, -0.1) is 0 Å². The Hall–Kier alpha value is -3.48. The number of piperidine rings is 1. The third kappa shape index (κ3) is 5.71. The van der Waals surface area contributed by atoms with Crippen LogP contribution in [0, 0.1) is 18.7 Å². The van der Waals surface area contributed by atoms with Crippen LogP contribution in [0.3, 0.4) is 0 Å². The molecule has 3 aromatic heterocycles. The highest BCUT2D eigenvalue weighted by molar-refractivity contribution is 5.99. The molecule has 10 rings (SSSR count). The first kappa shape index (κ1) is 32.4. The van der Waals surface area contributed by atoms with E-state index in [1.807, 2.05) is 10.9 Å². The van der Waals surface area contributed by atoms with Gasteiger partial charge in [0.05, 0.1) is 29.2 Å². The summed E-state index contributed by atoms with van der Waals surface area (Å²) in [5.74, 6) is 0.488. The number of halogens is 2. The summed E-state index contributed by atoms with van der Waals surface area (Å²) in [5, 5.41) is 6.24. The standard InChI is InChI=1S/C38H47F2N7O3/c1-24-16-30-28(19-42-47(30)31-10-3-5-15-49-31)32-27(24)9-2-4-14-48-22-25-8-6-12-45(20-25)36-29-18-41-35(32)33(40)34(29)43-37(44-36)50-23-38-11-7-13-46(38)21-26(39)17-38/h16,18-19,25-26,31H,2-15,17,20-23H2,1H3/t25-,26-,31?,38+/m1/s1. The van der Waals surface area contributed by atoms with Crippen LogP contribution >= 0.6 is 0 Å². The summed E-state index contributed by atoms with van der Waals surface area (Å²) in [6.45, 7) is 7.30. The zero-order valence-corrected chi connectivity index (χ0v) is 29.0. The van der Waals surface area contributed by atoms with Crippen molar-refractivity contribution in [1.29, 1.82) is 0 Å². The normalized spacial score (nSPS) is 27.7. The van der Waals surface area contributed by atoms with Gasteiger partial charge in [-0.05, 0) is 101 Å². The summed E-state index contributed by atoms with van der Waals surface area (Å²) in [7, 11) is 0. The third-order valence-electron chi connectivity index (χ3n) is 11.9. The van der Waals surface area contributed by atoms with Crippen molar-refractivity contribution in [2.75, 3.05) is 57.5 Å². The topological polar surface area (TPSA) is 90.7 Å². The quantitative estimate of drug-likeness (QED) is 0.232. The molecule has 12 heteroatoms. The molecular formula is C38H47F2N7O3. The lowest BCUT2D eigenvalue weighted by Crippen LogP contribution is -2.43. The van der Waals surface area contributed by atoms with Crippen LogP contribution in [0.2, 0.25) is 0 Å². The van der Waals surface area contributed by atoms with Gasteiger partial charge in [0.2, 0.25) is 0 Å². The molecule has 9 heterocycles. The highest BCUT2D eigenvalue weighted by atomic mass is 19.1. The van der Waals surface area contributed by atoms with Crippen LogP contribution in [0.25, 0.3) is 33.1 Å². The minimum Gasteiger partial charge on any atom is -0.461 e. The predicted molar refractivity (Wildman–Crippen MR) is 187 cm³/mol. The molecule has 0 spiro atoms. The van der Waals surface area contributed by atoms with Crippen LogP contribution in [0.4, 0.5) is 14.6 Å². The third-order valence-corrected chi connectivity index (χ3v) is 11.9. The van der Waals surface area contributed by atoms with Crippen molar-refractivity contribution in [3.8, 4) is 17.3 Å². The molecule has 0 radical (unpaired) electrons. The van der Waals surface area contributed by atoms with Crippen molar-refractivity contribution in [3.63, 3.8) is 0 Å². The summed E-state index contributed by atoms with van der Waals surface area (Å²) in [4.78, 5) is 19.0. The van der Waals surface area contributed by atoms with Gasteiger partial charge in [0.1, 0.15) is 29.8 Å². The lowest BCUT2D eigenvalue weighted by Gasteiger charge is -2.34. The van der Waals surface area contributed by atoms with Crippen LogP contribution in [0.15, 0.2) is 18.5 Å². The Morgan fingerprint density at radius 3 is 2.82 bits per heavy atom. The van der Waals surface area contributed by atoms with E-state index < -0.39 is 12.0 Å². The van der Waals surface area contributed by atoms with Gasteiger partial charge in [-0.25, -0.2) is 13.5 Å². The number of anilines is 1. The molecule has 0 aliphatic carbocycles. The van der Waals surface area contributed by atoms with Crippen molar-refractivity contribution in [2.24, 2.45) is 5.92 Å². The van der Waals surface area contributed by atoms with E-state index in [4.69, 9.17) is 34.3 Å². The number of pyridine rings is 1. The van der Waals surface area contributed by atoms with Gasteiger partial charge in [-0.1, -0.05) is 0 Å². The fraction of sp³-hybridized carbons (Fsp3) is 0.632. The van der Waals surface area contributed by atoms with Crippen molar-refractivity contribution >= 4 is 27.6 Å². The fourth-order valence-corrected chi connectivity index (χ4v) is 9.40. The first-order valence-corrected chi connectivity index (χ1v) is 18.8. The average Bonchev–Trinajstić information content (AvgIpc) is 3.81. The molecule has 1 unspecified atom stereocenters.